The molecular weight excluding hydrogens is 254 g/mol. The third-order valence-electron chi connectivity index (χ3n) is 3.55. The maximum atomic E-state index is 12.2. The third kappa shape index (κ3) is 2.45. The van der Waals surface area contributed by atoms with Crippen LogP contribution in [0.25, 0.3) is 0 Å². The summed E-state index contributed by atoms with van der Waals surface area (Å²) in [5, 5.41) is 7.58. The standard InChI is InChI=1S/C14H19N5O/c1-2-15-12-7-6-11(9-16-12)10-19-14(20)18-8-4-3-5-13(18)17-19/h6-7,9H,2-5,8,10H2,1H3,(H,15,16). The molecule has 3 heterocycles. The molecule has 0 saturated carbocycles. The summed E-state index contributed by atoms with van der Waals surface area (Å²) < 4.78 is 3.34. The van der Waals surface area contributed by atoms with Crippen molar-refractivity contribution in [2.24, 2.45) is 0 Å². The van der Waals surface area contributed by atoms with E-state index >= 15 is 0 Å². The highest BCUT2D eigenvalue weighted by Gasteiger charge is 2.16. The number of fused-ring (bicyclic) bond motifs is 1. The van der Waals surface area contributed by atoms with E-state index in [0.29, 0.717) is 6.54 Å². The fourth-order valence-electron chi connectivity index (χ4n) is 2.53. The monoisotopic (exact) mass is 273 g/mol. The number of aryl methyl sites for hydroxylation is 1. The van der Waals surface area contributed by atoms with Crippen LogP contribution in [0.5, 0.6) is 0 Å². The zero-order valence-electron chi connectivity index (χ0n) is 11.7. The number of nitrogens with one attached hydrogen (secondary N) is 1. The van der Waals surface area contributed by atoms with Crippen LogP contribution in [-0.4, -0.2) is 25.9 Å². The van der Waals surface area contributed by atoms with E-state index in [1.54, 1.807) is 15.4 Å². The molecule has 1 aliphatic heterocycles. The smallest absolute Gasteiger partial charge is 0.346 e. The van der Waals surface area contributed by atoms with Crippen molar-refractivity contribution in [2.45, 2.75) is 39.3 Å². The highest BCUT2D eigenvalue weighted by atomic mass is 16.2. The normalized spacial score (nSPS) is 14.1. The number of hydrogen-bond donors (Lipinski definition) is 1. The highest BCUT2D eigenvalue weighted by molar-refractivity contribution is 5.35. The van der Waals surface area contributed by atoms with Crippen molar-refractivity contribution in [3.05, 3.63) is 40.2 Å². The molecule has 0 aliphatic carbocycles. The predicted octanol–water partition coefficient (Wildman–Crippen LogP) is 1.26. The largest absolute Gasteiger partial charge is 0.370 e. The lowest BCUT2D eigenvalue weighted by molar-refractivity contribution is 0.511. The maximum Gasteiger partial charge on any atom is 0.346 e. The van der Waals surface area contributed by atoms with E-state index in [0.717, 1.165) is 49.6 Å². The first-order valence-corrected chi connectivity index (χ1v) is 7.13. The van der Waals surface area contributed by atoms with Crippen molar-refractivity contribution in [1.29, 1.82) is 0 Å². The summed E-state index contributed by atoms with van der Waals surface area (Å²) >= 11 is 0. The first-order chi connectivity index (χ1) is 9.78. The SMILES string of the molecule is CCNc1ccc(Cn2nc3n(c2=O)CCCC3)cn1. The molecule has 106 valence electrons. The van der Waals surface area contributed by atoms with Gasteiger partial charge in [-0.1, -0.05) is 6.07 Å². The lowest BCUT2D eigenvalue weighted by atomic mass is 10.2. The summed E-state index contributed by atoms with van der Waals surface area (Å²) in [6.07, 6.45) is 4.88. The number of nitrogens with zero attached hydrogens (tertiary/aromatic N) is 4. The van der Waals surface area contributed by atoms with Gasteiger partial charge in [-0.15, -0.1) is 0 Å². The van der Waals surface area contributed by atoms with Crippen LogP contribution in [0.3, 0.4) is 0 Å². The molecule has 0 radical (unpaired) electrons. The number of anilines is 1. The molecule has 0 saturated heterocycles. The molecular formula is C14H19N5O. The molecule has 0 spiro atoms. The Hall–Kier alpha value is -2.11. The highest BCUT2D eigenvalue weighted by Crippen LogP contribution is 2.10. The minimum Gasteiger partial charge on any atom is -0.370 e. The molecule has 6 heteroatoms. The molecule has 0 aromatic carbocycles. The number of hydrogen-bond acceptors (Lipinski definition) is 4. The number of rotatable bonds is 4. The number of pyridine rings is 1. The molecule has 0 fully saturated rings. The van der Waals surface area contributed by atoms with Crippen LogP contribution >= 0.6 is 0 Å². The first kappa shape index (κ1) is 12.9. The van der Waals surface area contributed by atoms with E-state index < -0.39 is 0 Å². The van der Waals surface area contributed by atoms with Gasteiger partial charge < -0.3 is 5.32 Å². The molecule has 0 amide bonds. The van der Waals surface area contributed by atoms with Crippen LogP contribution in [0.2, 0.25) is 0 Å². The zero-order chi connectivity index (χ0) is 13.9. The van der Waals surface area contributed by atoms with Gasteiger partial charge in [-0.05, 0) is 31.4 Å². The van der Waals surface area contributed by atoms with Crippen LogP contribution < -0.4 is 11.0 Å². The van der Waals surface area contributed by atoms with Gasteiger partial charge in [0.1, 0.15) is 11.6 Å². The Balaban J connectivity index is 1.80. The molecule has 0 unspecified atom stereocenters. The quantitative estimate of drug-likeness (QED) is 0.910. The molecule has 3 rings (SSSR count). The lowest BCUT2D eigenvalue weighted by Crippen LogP contribution is -2.27. The van der Waals surface area contributed by atoms with E-state index in [9.17, 15) is 4.79 Å². The topological polar surface area (TPSA) is 64.7 Å². The van der Waals surface area contributed by atoms with Crippen LogP contribution in [0.1, 0.15) is 31.2 Å². The van der Waals surface area contributed by atoms with E-state index in [1.807, 2.05) is 19.1 Å². The fourth-order valence-corrected chi connectivity index (χ4v) is 2.53. The van der Waals surface area contributed by atoms with E-state index in [2.05, 4.69) is 15.4 Å². The summed E-state index contributed by atoms with van der Waals surface area (Å²) in [5.41, 5.74) is 0.986. The van der Waals surface area contributed by atoms with Crippen LogP contribution in [0.15, 0.2) is 23.1 Å². The Labute approximate surface area is 117 Å². The van der Waals surface area contributed by atoms with E-state index in [1.165, 1.54) is 0 Å². The maximum absolute atomic E-state index is 12.2. The van der Waals surface area contributed by atoms with Crippen molar-refractivity contribution in [2.75, 3.05) is 11.9 Å². The van der Waals surface area contributed by atoms with E-state index in [-0.39, 0.29) is 5.69 Å². The summed E-state index contributed by atoms with van der Waals surface area (Å²) in [5.74, 6) is 1.77. The van der Waals surface area contributed by atoms with Gasteiger partial charge in [0.2, 0.25) is 0 Å². The van der Waals surface area contributed by atoms with Crippen molar-refractivity contribution >= 4 is 5.82 Å². The van der Waals surface area contributed by atoms with Gasteiger partial charge >= 0.3 is 5.69 Å². The predicted molar refractivity (Wildman–Crippen MR) is 76.9 cm³/mol. The van der Waals surface area contributed by atoms with Crippen LogP contribution in [0, 0.1) is 0 Å². The van der Waals surface area contributed by atoms with Crippen molar-refractivity contribution in [3.63, 3.8) is 0 Å². The zero-order valence-corrected chi connectivity index (χ0v) is 11.7. The van der Waals surface area contributed by atoms with Gasteiger partial charge in [-0.25, -0.2) is 14.5 Å². The van der Waals surface area contributed by atoms with Crippen molar-refractivity contribution in [1.82, 2.24) is 19.3 Å². The minimum atomic E-state index is -0.00420. The van der Waals surface area contributed by atoms with E-state index in [4.69, 9.17) is 0 Å². The average Bonchev–Trinajstić information content (AvgIpc) is 2.79. The number of aromatic nitrogens is 4. The fraction of sp³-hybridized carbons (Fsp3) is 0.500. The third-order valence-corrected chi connectivity index (χ3v) is 3.55. The molecule has 20 heavy (non-hydrogen) atoms. The van der Waals surface area contributed by atoms with Gasteiger partial charge in [0.25, 0.3) is 0 Å². The van der Waals surface area contributed by atoms with Crippen molar-refractivity contribution in [3.8, 4) is 0 Å². The second-order valence-corrected chi connectivity index (χ2v) is 5.05. The minimum absolute atomic E-state index is 0.00420. The molecule has 0 bridgehead atoms. The Bertz CT molecular complexity index is 641. The molecule has 0 atom stereocenters. The van der Waals surface area contributed by atoms with Gasteiger partial charge in [0.15, 0.2) is 0 Å². The summed E-state index contributed by atoms with van der Waals surface area (Å²) in [7, 11) is 0. The second-order valence-electron chi connectivity index (χ2n) is 5.05. The lowest BCUT2D eigenvalue weighted by Gasteiger charge is -2.09. The molecule has 6 nitrogen and oxygen atoms in total. The summed E-state index contributed by atoms with van der Waals surface area (Å²) in [6.45, 7) is 4.16. The summed E-state index contributed by atoms with van der Waals surface area (Å²) in [6, 6.07) is 3.91. The molecule has 2 aromatic rings. The van der Waals surface area contributed by atoms with Gasteiger partial charge in [0, 0.05) is 25.7 Å². The average molecular weight is 273 g/mol. The molecule has 2 aromatic heterocycles. The second kappa shape index (κ2) is 5.48. The first-order valence-electron chi connectivity index (χ1n) is 7.13. The van der Waals surface area contributed by atoms with Gasteiger partial charge in [-0.2, -0.15) is 5.10 Å². The Kier molecular flexibility index (Phi) is 3.54. The van der Waals surface area contributed by atoms with Crippen LogP contribution in [0.4, 0.5) is 5.82 Å². The molecule has 1 aliphatic rings. The van der Waals surface area contributed by atoms with Crippen molar-refractivity contribution < 1.29 is 0 Å². The van der Waals surface area contributed by atoms with Crippen LogP contribution in [-0.2, 0) is 19.5 Å². The molecule has 1 N–H and O–H groups in total. The Morgan fingerprint density at radius 2 is 2.25 bits per heavy atom. The van der Waals surface area contributed by atoms with Gasteiger partial charge in [-0.3, -0.25) is 4.57 Å². The Morgan fingerprint density at radius 3 is 2.95 bits per heavy atom. The van der Waals surface area contributed by atoms with Gasteiger partial charge in [0.05, 0.1) is 6.54 Å². The summed E-state index contributed by atoms with van der Waals surface area (Å²) in [4.78, 5) is 16.5. The Morgan fingerprint density at radius 1 is 1.35 bits per heavy atom.